The number of aromatic amines is 1. The lowest BCUT2D eigenvalue weighted by Gasteiger charge is -2.12. The SMILES string of the molecule is Cc1c(CO)cc(Cl)cc1S(=O)(=O)NCCc1ncn[nH]1. The molecule has 0 spiro atoms. The van der Waals surface area contributed by atoms with E-state index in [1.54, 1.807) is 13.0 Å². The van der Waals surface area contributed by atoms with Gasteiger partial charge in [0.25, 0.3) is 0 Å². The average Bonchev–Trinajstić information content (AvgIpc) is 2.93. The Morgan fingerprint density at radius 1 is 1.43 bits per heavy atom. The number of nitrogens with one attached hydrogen (secondary N) is 2. The predicted molar refractivity (Wildman–Crippen MR) is 77.4 cm³/mol. The molecule has 0 aliphatic heterocycles. The smallest absolute Gasteiger partial charge is 0.240 e. The highest BCUT2D eigenvalue weighted by atomic mass is 35.5. The molecule has 0 unspecified atom stereocenters. The van der Waals surface area contributed by atoms with Crippen LogP contribution in [-0.2, 0) is 23.1 Å². The highest BCUT2D eigenvalue weighted by Gasteiger charge is 2.19. The molecule has 0 aliphatic carbocycles. The molecule has 0 amide bonds. The molecule has 2 aromatic rings. The largest absolute Gasteiger partial charge is 0.392 e. The molecule has 0 aliphatic rings. The van der Waals surface area contributed by atoms with E-state index in [1.165, 1.54) is 12.4 Å². The minimum Gasteiger partial charge on any atom is -0.392 e. The summed E-state index contributed by atoms with van der Waals surface area (Å²) in [6, 6.07) is 2.91. The molecule has 2 rings (SSSR count). The molecule has 114 valence electrons. The first-order chi connectivity index (χ1) is 9.94. The first-order valence-corrected chi connectivity index (χ1v) is 8.04. The van der Waals surface area contributed by atoms with Crippen molar-refractivity contribution in [2.24, 2.45) is 0 Å². The number of hydrogen-bond acceptors (Lipinski definition) is 5. The Bertz CT molecular complexity index is 716. The van der Waals surface area contributed by atoms with Gasteiger partial charge in [0.05, 0.1) is 11.5 Å². The third kappa shape index (κ3) is 3.79. The molecule has 1 heterocycles. The van der Waals surface area contributed by atoms with Crippen molar-refractivity contribution in [1.29, 1.82) is 0 Å². The van der Waals surface area contributed by atoms with Gasteiger partial charge in [0.2, 0.25) is 10.0 Å². The summed E-state index contributed by atoms with van der Waals surface area (Å²) < 4.78 is 27.1. The summed E-state index contributed by atoms with van der Waals surface area (Å²) in [6.45, 7) is 1.54. The van der Waals surface area contributed by atoms with E-state index in [0.29, 0.717) is 23.4 Å². The van der Waals surface area contributed by atoms with Crippen LogP contribution < -0.4 is 4.72 Å². The highest BCUT2D eigenvalue weighted by Crippen LogP contribution is 2.24. The molecule has 0 fully saturated rings. The zero-order valence-electron chi connectivity index (χ0n) is 11.3. The van der Waals surface area contributed by atoms with Crippen molar-refractivity contribution in [3.05, 3.63) is 40.4 Å². The Morgan fingerprint density at radius 2 is 2.19 bits per heavy atom. The number of sulfonamides is 1. The number of H-pyrrole nitrogens is 1. The fourth-order valence-electron chi connectivity index (χ4n) is 1.88. The van der Waals surface area contributed by atoms with Crippen LogP contribution >= 0.6 is 11.6 Å². The Morgan fingerprint density at radius 3 is 2.81 bits per heavy atom. The molecule has 0 radical (unpaired) electrons. The van der Waals surface area contributed by atoms with Crippen LogP contribution in [0, 0.1) is 6.92 Å². The maximum absolute atomic E-state index is 12.3. The zero-order valence-corrected chi connectivity index (χ0v) is 12.9. The maximum atomic E-state index is 12.3. The van der Waals surface area contributed by atoms with Crippen LogP contribution in [0.2, 0.25) is 5.02 Å². The van der Waals surface area contributed by atoms with Crippen molar-refractivity contribution in [1.82, 2.24) is 19.9 Å². The van der Waals surface area contributed by atoms with Gasteiger partial charge in [-0.05, 0) is 30.2 Å². The lowest BCUT2D eigenvalue weighted by molar-refractivity contribution is 0.280. The summed E-state index contributed by atoms with van der Waals surface area (Å²) in [6.07, 6.45) is 1.75. The maximum Gasteiger partial charge on any atom is 0.240 e. The molecule has 7 nitrogen and oxygen atoms in total. The van der Waals surface area contributed by atoms with Gasteiger partial charge in [-0.1, -0.05) is 11.6 Å². The third-order valence-corrected chi connectivity index (χ3v) is 4.82. The van der Waals surface area contributed by atoms with Gasteiger partial charge < -0.3 is 5.11 Å². The van der Waals surface area contributed by atoms with Crippen molar-refractivity contribution in [2.45, 2.75) is 24.8 Å². The molecular formula is C12H15ClN4O3S. The number of benzene rings is 1. The van der Waals surface area contributed by atoms with Gasteiger partial charge in [0.1, 0.15) is 12.2 Å². The van der Waals surface area contributed by atoms with Crippen LogP contribution in [-0.4, -0.2) is 35.3 Å². The predicted octanol–water partition coefficient (Wildman–Crippen LogP) is 0.780. The lowest BCUT2D eigenvalue weighted by atomic mass is 10.1. The van der Waals surface area contributed by atoms with Crippen LogP contribution in [0.25, 0.3) is 0 Å². The fraction of sp³-hybridized carbons (Fsp3) is 0.333. The Hall–Kier alpha value is -1.48. The molecule has 0 saturated carbocycles. The van der Waals surface area contributed by atoms with E-state index in [9.17, 15) is 13.5 Å². The average molecular weight is 331 g/mol. The molecule has 0 saturated heterocycles. The number of hydrogen-bond donors (Lipinski definition) is 3. The van der Waals surface area contributed by atoms with Gasteiger partial charge >= 0.3 is 0 Å². The van der Waals surface area contributed by atoms with Gasteiger partial charge in [0, 0.05) is 18.0 Å². The number of aliphatic hydroxyl groups excluding tert-OH is 1. The van der Waals surface area contributed by atoms with Gasteiger partial charge in [-0.3, -0.25) is 5.10 Å². The minimum atomic E-state index is -3.71. The van der Waals surface area contributed by atoms with E-state index in [0.717, 1.165) is 0 Å². The molecule has 0 bridgehead atoms. The second kappa shape index (κ2) is 6.52. The molecule has 9 heteroatoms. The molecule has 3 N–H and O–H groups in total. The fourth-order valence-corrected chi connectivity index (χ4v) is 3.53. The van der Waals surface area contributed by atoms with E-state index in [2.05, 4.69) is 19.9 Å². The van der Waals surface area contributed by atoms with Gasteiger partial charge in [0.15, 0.2) is 0 Å². The van der Waals surface area contributed by atoms with Crippen LogP contribution in [0.5, 0.6) is 0 Å². The second-order valence-corrected chi connectivity index (χ2v) is 6.60. The topological polar surface area (TPSA) is 108 Å². The quantitative estimate of drug-likeness (QED) is 0.725. The number of aliphatic hydroxyl groups is 1. The zero-order chi connectivity index (χ0) is 15.5. The van der Waals surface area contributed by atoms with E-state index in [1.807, 2.05) is 0 Å². The van der Waals surface area contributed by atoms with Crippen molar-refractivity contribution in [3.63, 3.8) is 0 Å². The normalized spacial score (nSPS) is 11.8. The lowest BCUT2D eigenvalue weighted by Crippen LogP contribution is -2.27. The first-order valence-electron chi connectivity index (χ1n) is 6.18. The molecule has 1 aromatic heterocycles. The first kappa shape index (κ1) is 15.9. The Kier molecular flexibility index (Phi) is 4.94. The van der Waals surface area contributed by atoms with Crippen molar-refractivity contribution < 1.29 is 13.5 Å². The molecule has 1 aromatic carbocycles. The summed E-state index contributed by atoms with van der Waals surface area (Å²) in [5.74, 6) is 0.594. The van der Waals surface area contributed by atoms with Gasteiger partial charge in [-0.15, -0.1) is 0 Å². The summed E-state index contributed by atoms with van der Waals surface area (Å²) in [4.78, 5) is 3.98. The van der Waals surface area contributed by atoms with Crippen LogP contribution in [0.3, 0.4) is 0 Å². The Balaban J connectivity index is 2.17. The van der Waals surface area contributed by atoms with Gasteiger partial charge in [-0.25, -0.2) is 18.1 Å². The van der Waals surface area contributed by atoms with Crippen LogP contribution in [0.4, 0.5) is 0 Å². The van der Waals surface area contributed by atoms with E-state index in [-0.39, 0.29) is 23.1 Å². The van der Waals surface area contributed by atoms with E-state index < -0.39 is 10.0 Å². The molecule has 0 atom stereocenters. The summed E-state index contributed by atoms with van der Waals surface area (Å²) in [5, 5.41) is 15.8. The third-order valence-electron chi connectivity index (χ3n) is 3.01. The number of rotatable bonds is 6. The van der Waals surface area contributed by atoms with E-state index in [4.69, 9.17) is 11.6 Å². The second-order valence-electron chi connectivity index (χ2n) is 4.43. The summed E-state index contributed by atoms with van der Waals surface area (Å²) in [5.41, 5.74) is 0.965. The number of aromatic nitrogens is 3. The molecule has 21 heavy (non-hydrogen) atoms. The van der Waals surface area contributed by atoms with Gasteiger partial charge in [-0.2, -0.15) is 5.10 Å². The minimum absolute atomic E-state index is 0.0663. The standard InChI is InChI=1S/C12H15ClN4O3S/c1-8-9(6-18)4-10(13)5-11(8)21(19,20)16-3-2-12-14-7-15-17-12/h4-5,7,16,18H,2-3,6H2,1H3,(H,14,15,17). The van der Waals surface area contributed by atoms with E-state index >= 15 is 0 Å². The van der Waals surface area contributed by atoms with Crippen molar-refractivity contribution >= 4 is 21.6 Å². The monoisotopic (exact) mass is 330 g/mol. The van der Waals surface area contributed by atoms with Crippen LogP contribution in [0.15, 0.2) is 23.4 Å². The number of halogens is 1. The summed E-state index contributed by atoms with van der Waals surface area (Å²) in [7, 11) is -3.71. The highest BCUT2D eigenvalue weighted by molar-refractivity contribution is 7.89. The van der Waals surface area contributed by atoms with Crippen LogP contribution in [0.1, 0.15) is 17.0 Å². The van der Waals surface area contributed by atoms with Crippen molar-refractivity contribution in [3.8, 4) is 0 Å². The summed E-state index contributed by atoms with van der Waals surface area (Å²) >= 11 is 5.90. The molecular weight excluding hydrogens is 316 g/mol. The van der Waals surface area contributed by atoms with Crippen molar-refractivity contribution in [2.75, 3.05) is 6.54 Å². The number of nitrogens with zero attached hydrogens (tertiary/aromatic N) is 2. The Labute approximate surface area is 127 Å².